The molecule has 2 N–H and O–H groups in total. The first kappa shape index (κ1) is 17.6. The second kappa shape index (κ2) is 8.25. The summed E-state index contributed by atoms with van der Waals surface area (Å²) in [5, 5.41) is 6.42. The number of halogens is 2. The first-order valence-electron chi connectivity index (χ1n) is 7.91. The van der Waals surface area contributed by atoms with Gasteiger partial charge in [-0.2, -0.15) is 0 Å². The summed E-state index contributed by atoms with van der Waals surface area (Å²) in [5.74, 6) is -0.0971. The minimum Gasteiger partial charge on any atom is -0.321 e. The smallest absolute Gasteiger partial charge is 0.255 e. The van der Waals surface area contributed by atoms with Crippen molar-refractivity contribution in [3.05, 3.63) is 62.5 Å². The van der Waals surface area contributed by atoms with Gasteiger partial charge in [0.1, 0.15) is 0 Å². The second-order valence-corrected chi connectivity index (χ2v) is 7.54. The van der Waals surface area contributed by atoms with E-state index in [0.717, 1.165) is 52.9 Å². The van der Waals surface area contributed by atoms with Gasteiger partial charge < -0.3 is 10.6 Å². The van der Waals surface area contributed by atoms with E-state index < -0.39 is 0 Å². The lowest BCUT2D eigenvalue weighted by atomic mass is 10.1. The lowest BCUT2D eigenvalue weighted by Gasteiger charge is -2.28. The van der Waals surface area contributed by atoms with E-state index in [2.05, 4.69) is 53.5 Å². The Morgan fingerprint density at radius 1 is 1.12 bits per heavy atom. The number of carbonyl (C=O) groups is 1. The van der Waals surface area contributed by atoms with Gasteiger partial charge in [-0.1, -0.05) is 34.1 Å². The van der Waals surface area contributed by atoms with Crippen molar-refractivity contribution in [3.8, 4) is 0 Å². The Morgan fingerprint density at radius 3 is 2.54 bits per heavy atom. The lowest BCUT2D eigenvalue weighted by molar-refractivity contribution is 0.102. The zero-order valence-electron chi connectivity index (χ0n) is 13.2. The minimum atomic E-state index is -0.0971. The summed E-state index contributed by atoms with van der Waals surface area (Å²) >= 11 is 7.14. The van der Waals surface area contributed by atoms with Crippen LogP contribution >= 0.6 is 31.9 Å². The van der Waals surface area contributed by atoms with Gasteiger partial charge in [-0.3, -0.25) is 9.69 Å². The predicted molar refractivity (Wildman–Crippen MR) is 104 cm³/mol. The van der Waals surface area contributed by atoms with Gasteiger partial charge in [0.2, 0.25) is 0 Å². The summed E-state index contributed by atoms with van der Waals surface area (Å²) in [6.07, 6.45) is 0. The van der Waals surface area contributed by atoms with E-state index in [-0.39, 0.29) is 5.91 Å². The van der Waals surface area contributed by atoms with Gasteiger partial charge in [-0.05, 0) is 45.8 Å². The van der Waals surface area contributed by atoms with Crippen molar-refractivity contribution in [1.29, 1.82) is 0 Å². The average Bonchev–Trinajstić information content (AvgIpc) is 2.59. The molecular weight excluding hydrogens is 434 g/mol. The minimum absolute atomic E-state index is 0.0971. The molecule has 6 heteroatoms. The topological polar surface area (TPSA) is 44.4 Å². The number of nitrogens with one attached hydrogen (secondary N) is 2. The molecule has 0 bridgehead atoms. The number of anilines is 1. The summed E-state index contributed by atoms with van der Waals surface area (Å²) in [5.41, 5.74) is 2.59. The highest BCUT2D eigenvalue weighted by Gasteiger charge is 2.17. The molecule has 1 fully saturated rings. The fraction of sp³-hybridized carbons (Fsp3) is 0.278. The summed E-state index contributed by atoms with van der Waals surface area (Å²) in [6, 6.07) is 13.3. The molecule has 2 aromatic rings. The molecule has 24 heavy (non-hydrogen) atoms. The van der Waals surface area contributed by atoms with E-state index in [0.29, 0.717) is 5.56 Å². The third-order valence-electron chi connectivity index (χ3n) is 4.01. The van der Waals surface area contributed by atoms with Crippen LogP contribution in [0.2, 0.25) is 0 Å². The number of piperazine rings is 1. The zero-order valence-corrected chi connectivity index (χ0v) is 16.4. The van der Waals surface area contributed by atoms with Crippen molar-refractivity contribution in [2.45, 2.75) is 6.54 Å². The highest BCUT2D eigenvalue weighted by atomic mass is 79.9. The van der Waals surface area contributed by atoms with Gasteiger partial charge in [0.05, 0.1) is 5.69 Å². The SMILES string of the molecule is O=C(Nc1c(Br)cc(Br)cc1CN1CCNCC1)c1ccccc1. The molecule has 126 valence electrons. The molecule has 1 amide bonds. The van der Waals surface area contributed by atoms with Crippen molar-refractivity contribution < 1.29 is 4.79 Å². The van der Waals surface area contributed by atoms with E-state index in [1.165, 1.54) is 0 Å². The molecule has 0 aliphatic carbocycles. The Morgan fingerprint density at radius 2 is 1.83 bits per heavy atom. The Kier molecular flexibility index (Phi) is 6.05. The maximum absolute atomic E-state index is 12.5. The zero-order chi connectivity index (χ0) is 16.9. The molecule has 2 aromatic carbocycles. The van der Waals surface area contributed by atoms with E-state index in [1.807, 2.05) is 36.4 Å². The van der Waals surface area contributed by atoms with Gasteiger partial charge in [0.15, 0.2) is 0 Å². The second-order valence-electron chi connectivity index (χ2n) is 5.77. The third-order valence-corrected chi connectivity index (χ3v) is 5.10. The van der Waals surface area contributed by atoms with Crippen LogP contribution < -0.4 is 10.6 Å². The number of benzene rings is 2. The predicted octanol–water partition coefficient (Wildman–Crippen LogP) is 3.87. The van der Waals surface area contributed by atoms with Gasteiger partial charge in [-0.25, -0.2) is 0 Å². The molecular formula is C18H19Br2N3O. The monoisotopic (exact) mass is 451 g/mol. The molecule has 1 aliphatic rings. The molecule has 1 aliphatic heterocycles. The summed E-state index contributed by atoms with van der Waals surface area (Å²) in [4.78, 5) is 14.9. The van der Waals surface area contributed by atoms with E-state index in [9.17, 15) is 4.79 Å². The molecule has 3 rings (SSSR count). The molecule has 0 spiro atoms. The number of hydrogen-bond acceptors (Lipinski definition) is 3. The van der Waals surface area contributed by atoms with Gasteiger partial charge in [0.25, 0.3) is 5.91 Å². The van der Waals surface area contributed by atoms with Crippen molar-refractivity contribution in [3.63, 3.8) is 0 Å². The standard InChI is InChI=1S/C18H19Br2N3O/c19-15-10-14(12-23-8-6-21-7-9-23)17(16(20)11-15)22-18(24)13-4-2-1-3-5-13/h1-5,10-11,21H,6-9,12H2,(H,22,24). The first-order valence-corrected chi connectivity index (χ1v) is 9.49. The number of carbonyl (C=O) groups excluding carboxylic acids is 1. The largest absolute Gasteiger partial charge is 0.321 e. The Labute approximate surface area is 158 Å². The summed E-state index contributed by atoms with van der Waals surface area (Å²) in [6.45, 7) is 4.83. The first-order chi connectivity index (χ1) is 11.6. The van der Waals surface area contributed by atoms with Gasteiger partial charge in [0, 0.05) is 47.2 Å². The van der Waals surface area contributed by atoms with Crippen LogP contribution in [0.25, 0.3) is 0 Å². The van der Waals surface area contributed by atoms with E-state index in [1.54, 1.807) is 0 Å². The van der Waals surface area contributed by atoms with Crippen molar-refractivity contribution in [1.82, 2.24) is 10.2 Å². The highest BCUT2D eigenvalue weighted by Crippen LogP contribution is 2.32. The normalized spacial score (nSPS) is 15.2. The van der Waals surface area contributed by atoms with Gasteiger partial charge in [-0.15, -0.1) is 0 Å². The molecule has 1 heterocycles. The van der Waals surface area contributed by atoms with Crippen LogP contribution in [-0.4, -0.2) is 37.0 Å². The lowest BCUT2D eigenvalue weighted by Crippen LogP contribution is -2.43. The number of hydrogen-bond donors (Lipinski definition) is 2. The van der Waals surface area contributed by atoms with Crippen LogP contribution in [0.4, 0.5) is 5.69 Å². The molecule has 0 aromatic heterocycles. The number of nitrogens with zero attached hydrogens (tertiary/aromatic N) is 1. The van der Waals surface area contributed by atoms with Crippen LogP contribution in [0.1, 0.15) is 15.9 Å². The highest BCUT2D eigenvalue weighted by molar-refractivity contribution is 9.11. The van der Waals surface area contributed by atoms with Crippen LogP contribution in [0, 0.1) is 0 Å². The molecule has 0 radical (unpaired) electrons. The van der Waals surface area contributed by atoms with Crippen LogP contribution in [0.15, 0.2) is 51.4 Å². The van der Waals surface area contributed by atoms with Crippen LogP contribution in [-0.2, 0) is 6.54 Å². The number of rotatable bonds is 4. The summed E-state index contributed by atoms with van der Waals surface area (Å²) in [7, 11) is 0. The van der Waals surface area contributed by atoms with E-state index >= 15 is 0 Å². The van der Waals surface area contributed by atoms with Crippen LogP contribution in [0.3, 0.4) is 0 Å². The molecule has 0 atom stereocenters. The van der Waals surface area contributed by atoms with Crippen molar-refractivity contribution >= 4 is 43.5 Å². The maximum Gasteiger partial charge on any atom is 0.255 e. The van der Waals surface area contributed by atoms with Crippen molar-refractivity contribution in [2.75, 3.05) is 31.5 Å². The van der Waals surface area contributed by atoms with E-state index in [4.69, 9.17) is 0 Å². The van der Waals surface area contributed by atoms with Gasteiger partial charge >= 0.3 is 0 Å². The van der Waals surface area contributed by atoms with Crippen molar-refractivity contribution in [2.24, 2.45) is 0 Å². The quantitative estimate of drug-likeness (QED) is 0.739. The Balaban J connectivity index is 1.84. The Hall–Kier alpha value is -1.21. The third kappa shape index (κ3) is 4.45. The Bertz CT molecular complexity index is 716. The fourth-order valence-electron chi connectivity index (χ4n) is 2.78. The number of amides is 1. The molecule has 4 nitrogen and oxygen atoms in total. The fourth-order valence-corrected chi connectivity index (χ4v) is 4.19. The molecule has 1 saturated heterocycles. The van der Waals surface area contributed by atoms with Crippen LogP contribution in [0.5, 0.6) is 0 Å². The summed E-state index contributed by atoms with van der Waals surface area (Å²) < 4.78 is 1.88. The molecule has 0 saturated carbocycles. The average molecular weight is 453 g/mol. The maximum atomic E-state index is 12.5. The molecule has 0 unspecified atom stereocenters.